The molecule has 1 aromatic rings. The van der Waals surface area contributed by atoms with Crippen LogP contribution in [0.3, 0.4) is 0 Å². The molecular formula is C11H11BrO. The lowest BCUT2D eigenvalue weighted by atomic mass is 10.1. The fourth-order valence-corrected chi connectivity index (χ4v) is 2.29. The molecular weight excluding hydrogens is 228 g/mol. The normalized spacial score (nSPS) is 19.9. The van der Waals surface area contributed by atoms with Gasteiger partial charge in [0.05, 0.1) is 0 Å². The first-order valence-electron chi connectivity index (χ1n) is 4.23. The van der Waals surface area contributed by atoms with Crippen LogP contribution >= 0.6 is 15.9 Å². The Hall–Kier alpha value is -0.600. The molecule has 0 aliphatic heterocycles. The molecule has 13 heavy (non-hydrogen) atoms. The predicted octanol–water partition coefficient (Wildman–Crippen LogP) is 3.55. The highest BCUT2D eigenvalue weighted by Crippen LogP contribution is 2.39. The molecule has 68 valence electrons. The first kappa shape index (κ1) is 8.97. The smallest absolute Gasteiger partial charge is 0.104 e. The van der Waals surface area contributed by atoms with E-state index in [2.05, 4.69) is 41.1 Å². The number of methoxy groups -OCH3 is 1. The second-order valence-corrected chi connectivity index (χ2v) is 4.10. The van der Waals surface area contributed by atoms with Gasteiger partial charge < -0.3 is 4.74 Å². The van der Waals surface area contributed by atoms with Crippen LogP contribution < -0.4 is 0 Å². The van der Waals surface area contributed by atoms with Gasteiger partial charge in [-0.2, -0.15) is 0 Å². The number of hydrogen-bond donors (Lipinski definition) is 0. The second kappa shape index (κ2) is 3.28. The summed E-state index contributed by atoms with van der Waals surface area (Å²) in [7, 11) is 1.75. The minimum Gasteiger partial charge on any atom is -0.372 e. The summed E-state index contributed by atoms with van der Waals surface area (Å²) in [6, 6.07) is 6.21. The van der Waals surface area contributed by atoms with Gasteiger partial charge >= 0.3 is 0 Å². The Kier molecular flexibility index (Phi) is 2.26. The van der Waals surface area contributed by atoms with E-state index in [4.69, 9.17) is 4.74 Å². The lowest BCUT2D eigenvalue weighted by molar-refractivity contribution is 0.136. The van der Waals surface area contributed by atoms with Crippen molar-refractivity contribution in [3.63, 3.8) is 0 Å². The molecule has 0 amide bonds. The Morgan fingerprint density at radius 3 is 2.85 bits per heavy atom. The Morgan fingerprint density at radius 2 is 2.15 bits per heavy atom. The van der Waals surface area contributed by atoms with E-state index in [1.54, 1.807) is 7.11 Å². The van der Waals surface area contributed by atoms with Gasteiger partial charge in [-0.05, 0) is 29.7 Å². The third kappa shape index (κ3) is 1.34. The van der Waals surface area contributed by atoms with E-state index < -0.39 is 0 Å². The summed E-state index contributed by atoms with van der Waals surface area (Å²) in [5, 5.41) is 0. The quantitative estimate of drug-likeness (QED) is 0.728. The van der Waals surface area contributed by atoms with Crippen LogP contribution in [-0.4, -0.2) is 7.11 Å². The zero-order valence-electron chi connectivity index (χ0n) is 7.67. The molecule has 1 unspecified atom stereocenters. The van der Waals surface area contributed by atoms with Crippen molar-refractivity contribution in [2.24, 2.45) is 0 Å². The summed E-state index contributed by atoms with van der Waals surface area (Å²) < 4.78 is 6.56. The molecule has 0 fully saturated rings. The minimum atomic E-state index is 0.146. The zero-order valence-corrected chi connectivity index (χ0v) is 9.26. The van der Waals surface area contributed by atoms with Crippen molar-refractivity contribution in [2.45, 2.75) is 13.0 Å². The van der Waals surface area contributed by atoms with Gasteiger partial charge in [-0.3, -0.25) is 0 Å². The van der Waals surface area contributed by atoms with Gasteiger partial charge in [0.25, 0.3) is 0 Å². The van der Waals surface area contributed by atoms with E-state index in [-0.39, 0.29) is 6.10 Å². The van der Waals surface area contributed by atoms with Crippen LogP contribution in [0.25, 0.3) is 6.08 Å². The van der Waals surface area contributed by atoms with Gasteiger partial charge in [0, 0.05) is 11.6 Å². The van der Waals surface area contributed by atoms with Crippen LogP contribution in [0.15, 0.2) is 28.2 Å². The maximum absolute atomic E-state index is 5.42. The van der Waals surface area contributed by atoms with Crippen LogP contribution in [-0.2, 0) is 4.74 Å². The molecule has 0 aromatic heterocycles. The van der Waals surface area contributed by atoms with Gasteiger partial charge in [-0.25, -0.2) is 0 Å². The molecule has 0 saturated carbocycles. The van der Waals surface area contributed by atoms with Gasteiger partial charge in [0.15, 0.2) is 0 Å². The van der Waals surface area contributed by atoms with E-state index in [9.17, 15) is 0 Å². The lowest BCUT2D eigenvalue weighted by Gasteiger charge is -2.11. The van der Waals surface area contributed by atoms with E-state index >= 15 is 0 Å². The molecule has 0 heterocycles. The molecule has 1 nitrogen and oxygen atoms in total. The van der Waals surface area contributed by atoms with Crippen molar-refractivity contribution >= 4 is 22.0 Å². The maximum Gasteiger partial charge on any atom is 0.104 e. The van der Waals surface area contributed by atoms with Gasteiger partial charge in [0.2, 0.25) is 0 Å². The molecule has 1 aromatic carbocycles. The summed E-state index contributed by atoms with van der Waals surface area (Å²) in [4.78, 5) is 0. The fraction of sp³-hybridized carbons (Fsp3) is 0.273. The van der Waals surface area contributed by atoms with Crippen molar-refractivity contribution in [3.8, 4) is 0 Å². The third-order valence-electron chi connectivity index (χ3n) is 2.39. The molecule has 1 atom stereocenters. The Labute approximate surface area is 86.5 Å². The Balaban J connectivity index is 2.57. The molecule has 0 N–H and O–H groups in total. The highest BCUT2D eigenvalue weighted by Gasteiger charge is 2.22. The van der Waals surface area contributed by atoms with Crippen LogP contribution in [0.5, 0.6) is 0 Å². The molecule has 0 saturated heterocycles. The number of hydrogen-bond acceptors (Lipinski definition) is 1. The molecule has 2 rings (SSSR count). The molecule has 1 aliphatic rings. The van der Waals surface area contributed by atoms with E-state index in [0.717, 1.165) is 4.47 Å². The number of fused-ring (bicyclic) bond motifs is 1. The minimum absolute atomic E-state index is 0.146. The van der Waals surface area contributed by atoms with Crippen molar-refractivity contribution in [1.82, 2.24) is 0 Å². The van der Waals surface area contributed by atoms with Crippen molar-refractivity contribution in [1.29, 1.82) is 0 Å². The number of halogens is 1. The summed E-state index contributed by atoms with van der Waals surface area (Å²) >= 11 is 3.53. The third-order valence-corrected chi connectivity index (χ3v) is 3.08. The summed E-state index contributed by atoms with van der Waals surface area (Å²) in [5.74, 6) is 0. The molecule has 0 bridgehead atoms. The lowest BCUT2D eigenvalue weighted by Crippen LogP contribution is -1.98. The topological polar surface area (TPSA) is 9.23 Å². The van der Waals surface area contributed by atoms with E-state index in [0.29, 0.717) is 0 Å². The SMILES string of the molecule is COC1C(C)=Cc2c(Br)cccc21. The summed E-state index contributed by atoms with van der Waals surface area (Å²) in [5.41, 5.74) is 3.78. The van der Waals surface area contributed by atoms with Crippen molar-refractivity contribution in [2.75, 3.05) is 7.11 Å². The maximum atomic E-state index is 5.42. The van der Waals surface area contributed by atoms with Gasteiger partial charge in [-0.1, -0.05) is 34.1 Å². The molecule has 0 spiro atoms. The standard InChI is InChI=1S/C11H11BrO/c1-7-6-9-8(11(7)13-2)4-3-5-10(9)12/h3-6,11H,1-2H3. The molecule has 0 radical (unpaired) electrons. The fourth-order valence-electron chi connectivity index (χ4n) is 1.80. The Bertz CT molecular complexity index is 368. The highest BCUT2D eigenvalue weighted by atomic mass is 79.9. The average molecular weight is 239 g/mol. The highest BCUT2D eigenvalue weighted by molar-refractivity contribution is 9.10. The first-order chi connectivity index (χ1) is 6.24. The van der Waals surface area contributed by atoms with Crippen molar-refractivity contribution < 1.29 is 4.74 Å². The average Bonchev–Trinajstić information content (AvgIpc) is 2.43. The van der Waals surface area contributed by atoms with E-state index in [1.807, 2.05) is 6.07 Å². The van der Waals surface area contributed by atoms with Crippen LogP contribution in [0.1, 0.15) is 24.2 Å². The second-order valence-electron chi connectivity index (χ2n) is 3.25. The number of rotatable bonds is 1. The Morgan fingerprint density at radius 1 is 1.38 bits per heavy atom. The van der Waals surface area contributed by atoms with Crippen molar-refractivity contribution in [3.05, 3.63) is 39.4 Å². The van der Waals surface area contributed by atoms with E-state index in [1.165, 1.54) is 16.7 Å². The number of ether oxygens (including phenoxy) is 1. The zero-order chi connectivity index (χ0) is 9.42. The predicted molar refractivity (Wildman–Crippen MR) is 57.5 cm³/mol. The summed E-state index contributed by atoms with van der Waals surface area (Å²) in [6.45, 7) is 2.10. The first-order valence-corrected chi connectivity index (χ1v) is 5.02. The van der Waals surface area contributed by atoms with Crippen LogP contribution in [0.4, 0.5) is 0 Å². The van der Waals surface area contributed by atoms with Crippen LogP contribution in [0, 0.1) is 0 Å². The van der Waals surface area contributed by atoms with Gasteiger partial charge in [-0.15, -0.1) is 0 Å². The molecule has 2 heteroatoms. The largest absolute Gasteiger partial charge is 0.372 e. The van der Waals surface area contributed by atoms with Crippen LogP contribution in [0.2, 0.25) is 0 Å². The monoisotopic (exact) mass is 238 g/mol. The molecule has 1 aliphatic carbocycles. The van der Waals surface area contributed by atoms with Gasteiger partial charge in [0.1, 0.15) is 6.10 Å². The number of benzene rings is 1. The summed E-state index contributed by atoms with van der Waals surface area (Å²) in [6.07, 6.45) is 2.32.